The van der Waals surface area contributed by atoms with Crippen LogP contribution in [0, 0.1) is 5.92 Å². The number of aliphatic hydroxyl groups is 1. The molecule has 1 fully saturated rings. The molecule has 2 unspecified atom stereocenters. The molecular formula is C17H25NO2. The van der Waals surface area contributed by atoms with Crippen LogP contribution < -0.4 is 10.1 Å². The second kappa shape index (κ2) is 5.74. The predicted octanol–water partition coefficient (Wildman–Crippen LogP) is 3.04. The van der Waals surface area contributed by atoms with Crippen LogP contribution in [0.5, 0.6) is 5.75 Å². The fourth-order valence-corrected chi connectivity index (χ4v) is 3.34. The van der Waals surface area contributed by atoms with E-state index in [2.05, 4.69) is 36.5 Å². The highest BCUT2D eigenvalue weighted by Gasteiger charge is 2.45. The molecule has 2 atom stereocenters. The molecule has 2 aliphatic rings. The third-order valence-electron chi connectivity index (χ3n) is 4.80. The molecule has 3 rings (SSSR count). The number of hydrogen-bond donors (Lipinski definition) is 2. The highest BCUT2D eigenvalue weighted by molar-refractivity contribution is 5.39. The first-order valence-electron chi connectivity index (χ1n) is 7.85. The van der Waals surface area contributed by atoms with Crippen LogP contribution in [0.25, 0.3) is 0 Å². The largest absolute Gasteiger partial charge is 0.487 e. The van der Waals surface area contributed by atoms with Gasteiger partial charge in [-0.2, -0.15) is 0 Å². The minimum absolute atomic E-state index is 0.0895. The Balaban J connectivity index is 1.72. The highest BCUT2D eigenvalue weighted by atomic mass is 16.5. The molecule has 0 saturated heterocycles. The smallest absolute Gasteiger partial charge is 0.124 e. The molecule has 0 aromatic heterocycles. The predicted molar refractivity (Wildman–Crippen MR) is 79.9 cm³/mol. The van der Waals surface area contributed by atoms with Gasteiger partial charge in [0.25, 0.3) is 0 Å². The summed E-state index contributed by atoms with van der Waals surface area (Å²) < 4.78 is 6.26. The van der Waals surface area contributed by atoms with Crippen molar-refractivity contribution in [1.82, 2.24) is 5.32 Å². The van der Waals surface area contributed by atoms with Gasteiger partial charge in [-0.3, -0.25) is 0 Å². The van der Waals surface area contributed by atoms with Gasteiger partial charge in [0.2, 0.25) is 0 Å². The zero-order valence-electron chi connectivity index (χ0n) is 12.3. The Morgan fingerprint density at radius 1 is 1.40 bits per heavy atom. The number of fused-ring (bicyclic) bond motifs is 1. The van der Waals surface area contributed by atoms with Crippen molar-refractivity contribution < 1.29 is 9.84 Å². The van der Waals surface area contributed by atoms with E-state index in [1.54, 1.807) is 0 Å². The Kier molecular flexibility index (Phi) is 3.99. The van der Waals surface area contributed by atoms with Gasteiger partial charge in [-0.1, -0.05) is 25.1 Å². The van der Waals surface area contributed by atoms with Gasteiger partial charge in [0, 0.05) is 24.6 Å². The zero-order valence-corrected chi connectivity index (χ0v) is 12.3. The van der Waals surface area contributed by atoms with Crippen LogP contribution in [0.4, 0.5) is 0 Å². The van der Waals surface area contributed by atoms with Crippen molar-refractivity contribution in [1.29, 1.82) is 0 Å². The maximum absolute atomic E-state index is 9.01. The van der Waals surface area contributed by atoms with Gasteiger partial charge in [-0.15, -0.1) is 0 Å². The van der Waals surface area contributed by atoms with Gasteiger partial charge in [0.15, 0.2) is 0 Å². The van der Waals surface area contributed by atoms with E-state index in [1.165, 1.54) is 24.8 Å². The second-order valence-electron chi connectivity index (χ2n) is 6.46. The van der Waals surface area contributed by atoms with Crippen LogP contribution in [-0.4, -0.2) is 23.9 Å². The molecular weight excluding hydrogens is 250 g/mol. The fraction of sp³-hybridized carbons (Fsp3) is 0.647. The van der Waals surface area contributed by atoms with Gasteiger partial charge in [-0.25, -0.2) is 0 Å². The third-order valence-corrected chi connectivity index (χ3v) is 4.80. The van der Waals surface area contributed by atoms with E-state index < -0.39 is 0 Å². The number of para-hydroxylation sites is 1. The van der Waals surface area contributed by atoms with Crippen molar-refractivity contribution in [2.45, 2.75) is 50.7 Å². The van der Waals surface area contributed by atoms with E-state index in [0.29, 0.717) is 12.0 Å². The summed E-state index contributed by atoms with van der Waals surface area (Å²) in [5.74, 6) is 1.57. The lowest BCUT2D eigenvalue weighted by molar-refractivity contribution is -0.0372. The topological polar surface area (TPSA) is 41.5 Å². The highest BCUT2D eigenvalue weighted by Crippen LogP contribution is 2.48. The zero-order chi connectivity index (χ0) is 14.0. The molecule has 20 heavy (non-hydrogen) atoms. The molecule has 110 valence electrons. The summed E-state index contributed by atoms with van der Waals surface area (Å²) in [7, 11) is 0. The summed E-state index contributed by atoms with van der Waals surface area (Å²) in [5, 5.41) is 12.7. The summed E-state index contributed by atoms with van der Waals surface area (Å²) >= 11 is 0. The summed E-state index contributed by atoms with van der Waals surface area (Å²) in [6, 6.07) is 8.81. The van der Waals surface area contributed by atoms with Gasteiger partial charge < -0.3 is 15.2 Å². The van der Waals surface area contributed by atoms with Crippen molar-refractivity contribution in [3.8, 4) is 5.75 Å². The van der Waals surface area contributed by atoms with Crippen LogP contribution in [-0.2, 0) is 0 Å². The summed E-state index contributed by atoms with van der Waals surface area (Å²) in [5.41, 5.74) is 1.38. The Bertz CT molecular complexity index is 456. The number of ether oxygens (including phenoxy) is 1. The molecule has 1 aliphatic carbocycles. The molecule has 1 aliphatic heterocycles. The van der Waals surface area contributed by atoms with Crippen LogP contribution in [0.15, 0.2) is 24.3 Å². The quantitative estimate of drug-likeness (QED) is 0.868. The average Bonchev–Trinajstić information content (AvgIpc) is 2.43. The van der Waals surface area contributed by atoms with Gasteiger partial charge in [-0.05, 0) is 44.2 Å². The van der Waals surface area contributed by atoms with Crippen LogP contribution in [0.1, 0.15) is 50.6 Å². The van der Waals surface area contributed by atoms with Crippen molar-refractivity contribution in [3.63, 3.8) is 0 Å². The number of hydrogen-bond acceptors (Lipinski definition) is 3. The molecule has 0 amide bonds. The van der Waals surface area contributed by atoms with Gasteiger partial charge >= 0.3 is 0 Å². The minimum atomic E-state index is 0.0895. The van der Waals surface area contributed by atoms with Crippen LogP contribution >= 0.6 is 0 Å². The first-order valence-corrected chi connectivity index (χ1v) is 7.85. The number of benzene rings is 1. The third kappa shape index (κ3) is 2.70. The maximum Gasteiger partial charge on any atom is 0.124 e. The van der Waals surface area contributed by atoms with Crippen molar-refractivity contribution >= 4 is 0 Å². The molecule has 2 N–H and O–H groups in total. The lowest BCUT2D eigenvalue weighted by Crippen LogP contribution is -2.49. The number of nitrogens with one attached hydrogen (secondary N) is 1. The van der Waals surface area contributed by atoms with E-state index in [0.717, 1.165) is 25.1 Å². The van der Waals surface area contributed by atoms with E-state index in [-0.39, 0.29) is 12.2 Å². The summed E-state index contributed by atoms with van der Waals surface area (Å²) in [4.78, 5) is 0. The Labute approximate surface area is 121 Å². The van der Waals surface area contributed by atoms with E-state index >= 15 is 0 Å². The monoisotopic (exact) mass is 275 g/mol. The standard InChI is InChI=1S/C17H25NO2/c1-13(7-10-19)12-18-15-11-17(8-4-9-17)20-16-6-3-2-5-14(15)16/h2-3,5-6,13,15,18-19H,4,7-12H2,1H3. The normalized spacial score (nSPS) is 24.6. The lowest BCUT2D eigenvalue weighted by Gasteiger charge is -2.48. The van der Waals surface area contributed by atoms with Crippen molar-refractivity contribution in [3.05, 3.63) is 29.8 Å². The molecule has 3 nitrogen and oxygen atoms in total. The summed E-state index contributed by atoms with van der Waals surface area (Å²) in [6.45, 7) is 3.42. The Morgan fingerprint density at radius 3 is 2.90 bits per heavy atom. The number of aliphatic hydroxyl groups excluding tert-OH is 1. The van der Waals surface area contributed by atoms with Gasteiger partial charge in [0.1, 0.15) is 11.4 Å². The van der Waals surface area contributed by atoms with E-state index in [4.69, 9.17) is 9.84 Å². The Morgan fingerprint density at radius 2 is 2.20 bits per heavy atom. The van der Waals surface area contributed by atoms with E-state index in [1.807, 2.05) is 0 Å². The van der Waals surface area contributed by atoms with E-state index in [9.17, 15) is 0 Å². The molecule has 0 radical (unpaired) electrons. The molecule has 3 heteroatoms. The molecule has 1 aromatic rings. The second-order valence-corrected chi connectivity index (χ2v) is 6.46. The summed E-state index contributed by atoms with van der Waals surface area (Å²) in [6.07, 6.45) is 5.60. The first-order chi connectivity index (χ1) is 9.72. The number of rotatable bonds is 5. The van der Waals surface area contributed by atoms with Crippen molar-refractivity contribution in [2.75, 3.05) is 13.2 Å². The van der Waals surface area contributed by atoms with Crippen LogP contribution in [0.3, 0.4) is 0 Å². The first kappa shape index (κ1) is 13.9. The Hall–Kier alpha value is -1.06. The molecule has 1 saturated carbocycles. The molecule has 0 bridgehead atoms. The SMILES string of the molecule is CC(CCO)CNC1CC2(CCC2)Oc2ccccc21. The van der Waals surface area contributed by atoms with Gasteiger partial charge in [0.05, 0.1) is 0 Å². The lowest BCUT2D eigenvalue weighted by atomic mass is 9.73. The minimum Gasteiger partial charge on any atom is -0.487 e. The average molecular weight is 275 g/mol. The molecule has 1 spiro atoms. The van der Waals surface area contributed by atoms with Crippen molar-refractivity contribution in [2.24, 2.45) is 5.92 Å². The molecule has 1 aromatic carbocycles. The maximum atomic E-state index is 9.01. The van der Waals surface area contributed by atoms with Crippen LogP contribution in [0.2, 0.25) is 0 Å². The fourth-order valence-electron chi connectivity index (χ4n) is 3.34. The molecule has 1 heterocycles.